The lowest BCUT2D eigenvalue weighted by molar-refractivity contribution is 0.667. The van der Waals surface area contributed by atoms with Crippen LogP contribution in [0.4, 0.5) is 0 Å². The smallest absolute Gasteiger partial charge is 0.160 e. The lowest BCUT2D eigenvalue weighted by Gasteiger charge is -2.07. The lowest BCUT2D eigenvalue weighted by atomic mass is 10.2. The molecule has 0 saturated carbocycles. The molecule has 2 heterocycles. The van der Waals surface area contributed by atoms with Gasteiger partial charge in [-0.2, -0.15) is 0 Å². The molecule has 0 unspecified atom stereocenters. The maximum Gasteiger partial charge on any atom is 0.160 e. The molecule has 4 nitrogen and oxygen atoms in total. The summed E-state index contributed by atoms with van der Waals surface area (Å²) in [5.74, 6) is 0.906. The summed E-state index contributed by atoms with van der Waals surface area (Å²) in [5, 5.41) is 0.598. The molecule has 20 heavy (non-hydrogen) atoms. The molecule has 2 aromatic heterocycles. The molecular formula is C15H15ClN4. The molecule has 0 saturated heterocycles. The Balaban J connectivity index is 2.19. The number of halogens is 1. The van der Waals surface area contributed by atoms with Crippen LogP contribution in [0.5, 0.6) is 0 Å². The second-order valence-corrected chi connectivity index (χ2v) is 5.03. The minimum Gasteiger partial charge on any atom is -0.330 e. The first-order valence-electron chi connectivity index (χ1n) is 6.57. The number of hydrogen-bond donors (Lipinski definition) is 1. The number of aromatic nitrogens is 3. The predicted octanol–water partition coefficient (Wildman–Crippen LogP) is 3.10. The third-order valence-electron chi connectivity index (χ3n) is 3.17. The second-order valence-electron chi connectivity index (χ2n) is 4.59. The summed E-state index contributed by atoms with van der Waals surface area (Å²) in [6, 6.07) is 11.9. The topological polar surface area (TPSA) is 56.7 Å². The Morgan fingerprint density at radius 2 is 2.00 bits per heavy atom. The number of aryl methyl sites for hydroxylation is 1. The molecule has 5 heteroatoms. The number of imidazole rings is 1. The number of pyridine rings is 1. The Labute approximate surface area is 122 Å². The maximum atomic E-state index is 6.00. The fourth-order valence-corrected chi connectivity index (χ4v) is 2.41. The molecular weight excluding hydrogens is 272 g/mol. The normalized spacial score (nSPS) is 11.1. The van der Waals surface area contributed by atoms with Gasteiger partial charge in [0.2, 0.25) is 0 Å². The number of benzene rings is 1. The number of fused-ring (bicyclic) bond motifs is 1. The second kappa shape index (κ2) is 5.61. The van der Waals surface area contributed by atoms with Gasteiger partial charge >= 0.3 is 0 Å². The molecule has 0 aliphatic heterocycles. The Morgan fingerprint density at radius 1 is 1.20 bits per heavy atom. The van der Waals surface area contributed by atoms with E-state index in [1.54, 1.807) is 6.20 Å². The van der Waals surface area contributed by atoms with E-state index in [9.17, 15) is 0 Å². The molecule has 0 spiro atoms. The van der Waals surface area contributed by atoms with Crippen molar-refractivity contribution >= 4 is 22.8 Å². The fraction of sp³-hybridized carbons (Fsp3) is 0.200. The molecule has 102 valence electrons. The van der Waals surface area contributed by atoms with Crippen molar-refractivity contribution in [1.29, 1.82) is 0 Å². The van der Waals surface area contributed by atoms with Crippen LogP contribution in [0, 0.1) is 0 Å². The van der Waals surface area contributed by atoms with Crippen LogP contribution in [0.2, 0.25) is 5.02 Å². The summed E-state index contributed by atoms with van der Waals surface area (Å²) < 4.78 is 2.11. The molecule has 0 fully saturated rings. The SMILES string of the molecule is NCCCn1c(-c2ccccc2)nc2cc(Cl)cnc21. The Hall–Kier alpha value is -1.91. The first kappa shape index (κ1) is 13.1. The van der Waals surface area contributed by atoms with Crippen LogP contribution in [0.15, 0.2) is 42.6 Å². The Morgan fingerprint density at radius 3 is 2.75 bits per heavy atom. The molecule has 0 aliphatic rings. The summed E-state index contributed by atoms with van der Waals surface area (Å²) in [4.78, 5) is 9.08. The highest BCUT2D eigenvalue weighted by molar-refractivity contribution is 6.31. The molecule has 3 rings (SSSR count). The first-order valence-corrected chi connectivity index (χ1v) is 6.94. The average Bonchev–Trinajstić information content (AvgIpc) is 2.83. The zero-order valence-corrected chi connectivity index (χ0v) is 11.7. The van der Waals surface area contributed by atoms with E-state index in [1.165, 1.54) is 0 Å². The minimum atomic E-state index is 0.598. The van der Waals surface area contributed by atoms with Gasteiger partial charge in [0.15, 0.2) is 5.65 Å². The van der Waals surface area contributed by atoms with Crippen LogP contribution in [-0.2, 0) is 6.54 Å². The molecule has 3 aromatic rings. The summed E-state index contributed by atoms with van der Waals surface area (Å²) in [5.41, 5.74) is 8.36. The van der Waals surface area contributed by atoms with E-state index < -0.39 is 0 Å². The van der Waals surface area contributed by atoms with Gasteiger partial charge in [-0.05, 0) is 19.0 Å². The van der Waals surface area contributed by atoms with Crippen LogP contribution >= 0.6 is 11.6 Å². The highest BCUT2D eigenvalue weighted by Gasteiger charge is 2.13. The van der Waals surface area contributed by atoms with Gasteiger partial charge in [0, 0.05) is 18.3 Å². The molecule has 0 amide bonds. The third-order valence-corrected chi connectivity index (χ3v) is 3.38. The highest BCUT2D eigenvalue weighted by Crippen LogP contribution is 2.25. The van der Waals surface area contributed by atoms with E-state index in [-0.39, 0.29) is 0 Å². The number of hydrogen-bond acceptors (Lipinski definition) is 3. The quantitative estimate of drug-likeness (QED) is 0.802. The van der Waals surface area contributed by atoms with Gasteiger partial charge in [-0.15, -0.1) is 0 Å². The third kappa shape index (κ3) is 2.40. The van der Waals surface area contributed by atoms with E-state index in [0.29, 0.717) is 11.6 Å². The number of nitrogens with two attached hydrogens (primary N) is 1. The molecule has 0 radical (unpaired) electrons. The van der Waals surface area contributed by atoms with Crippen molar-refractivity contribution in [2.75, 3.05) is 6.54 Å². The van der Waals surface area contributed by atoms with Gasteiger partial charge in [-0.1, -0.05) is 41.9 Å². The lowest BCUT2D eigenvalue weighted by Crippen LogP contribution is -2.07. The van der Waals surface area contributed by atoms with E-state index in [1.807, 2.05) is 36.4 Å². The van der Waals surface area contributed by atoms with Gasteiger partial charge in [-0.25, -0.2) is 9.97 Å². The maximum absolute atomic E-state index is 6.00. The van der Waals surface area contributed by atoms with E-state index in [2.05, 4.69) is 14.5 Å². The monoisotopic (exact) mass is 286 g/mol. The number of nitrogens with zero attached hydrogens (tertiary/aromatic N) is 3. The van der Waals surface area contributed by atoms with Crippen molar-refractivity contribution in [1.82, 2.24) is 14.5 Å². The van der Waals surface area contributed by atoms with Crippen LogP contribution in [0.1, 0.15) is 6.42 Å². The summed E-state index contributed by atoms with van der Waals surface area (Å²) >= 11 is 6.00. The Bertz CT molecular complexity index is 721. The van der Waals surface area contributed by atoms with Crippen molar-refractivity contribution < 1.29 is 0 Å². The molecule has 0 aliphatic carbocycles. The highest BCUT2D eigenvalue weighted by atomic mass is 35.5. The average molecular weight is 287 g/mol. The standard InChI is InChI=1S/C15H15ClN4/c16-12-9-13-15(18-10-12)20(8-4-7-17)14(19-13)11-5-2-1-3-6-11/h1-3,5-6,9-10H,4,7-8,17H2. The summed E-state index contributed by atoms with van der Waals surface area (Å²) in [6.07, 6.45) is 2.54. The molecule has 2 N–H and O–H groups in total. The van der Waals surface area contributed by atoms with Crippen molar-refractivity contribution in [3.05, 3.63) is 47.6 Å². The van der Waals surface area contributed by atoms with Gasteiger partial charge < -0.3 is 10.3 Å². The zero-order valence-electron chi connectivity index (χ0n) is 11.0. The first-order chi connectivity index (χ1) is 9.79. The predicted molar refractivity (Wildman–Crippen MR) is 81.6 cm³/mol. The number of rotatable bonds is 4. The minimum absolute atomic E-state index is 0.598. The largest absolute Gasteiger partial charge is 0.330 e. The summed E-state index contributed by atoms with van der Waals surface area (Å²) in [6.45, 7) is 1.44. The fourth-order valence-electron chi connectivity index (χ4n) is 2.26. The zero-order chi connectivity index (χ0) is 13.9. The van der Waals surface area contributed by atoms with Gasteiger partial charge in [0.05, 0.1) is 5.02 Å². The van der Waals surface area contributed by atoms with Crippen LogP contribution in [-0.4, -0.2) is 21.1 Å². The Kier molecular flexibility index (Phi) is 3.67. The molecule has 0 atom stereocenters. The van der Waals surface area contributed by atoms with Crippen LogP contribution in [0.3, 0.4) is 0 Å². The van der Waals surface area contributed by atoms with E-state index in [0.717, 1.165) is 35.5 Å². The van der Waals surface area contributed by atoms with Gasteiger partial charge in [-0.3, -0.25) is 0 Å². The van der Waals surface area contributed by atoms with Crippen molar-refractivity contribution in [3.8, 4) is 11.4 Å². The van der Waals surface area contributed by atoms with Crippen molar-refractivity contribution in [2.24, 2.45) is 5.73 Å². The van der Waals surface area contributed by atoms with E-state index in [4.69, 9.17) is 17.3 Å². The summed E-state index contributed by atoms with van der Waals surface area (Å²) in [7, 11) is 0. The van der Waals surface area contributed by atoms with Crippen LogP contribution in [0.25, 0.3) is 22.6 Å². The van der Waals surface area contributed by atoms with Crippen molar-refractivity contribution in [2.45, 2.75) is 13.0 Å². The van der Waals surface area contributed by atoms with Gasteiger partial charge in [0.25, 0.3) is 0 Å². The van der Waals surface area contributed by atoms with Crippen LogP contribution < -0.4 is 5.73 Å². The van der Waals surface area contributed by atoms with E-state index >= 15 is 0 Å². The molecule has 1 aromatic carbocycles. The molecule has 0 bridgehead atoms. The van der Waals surface area contributed by atoms with Gasteiger partial charge in [0.1, 0.15) is 11.3 Å². The van der Waals surface area contributed by atoms with Crippen molar-refractivity contribution in [3.63, 3.8) is 0 Å².